The monoisotopic (exact) mass is 498 g/mol. The Morgan fingerprint density at radius 3 is 1.72 bits per heavy atom. The van der Waals surface area contributed by atoms with Gasteiger partial charge in [-0.15, -0.1) is 0 Å². The molecule has 2 rings (SSSR count). The average Bonchev–Trinajstić information content (AvgIpc) is 2.60. The Morgan fingerprint density at radius 2 is 1.24 bits per heavy atom. The molecule has 0 aliphatic carbocycles. The molecule has 1 unspecified atom stereocenters. The first-order valence-corrected chi connectivity index (χ1v) is 9.25. The van der Waals surface area contributed by atoms with Gasteiger partial charge in [0.05, 0.1) is 21.0 Å². The predicted molar refractivity (Wildman–Crippen MR) is 75.1 cm³/mol. The van der Waals surface area contributed by atoms with Crippen LogP contribution >= 0.6 is 7.82 Å². The van der Waals surface area contributed by atoms with E-state index in [-0.39, 0.29) is 103 Å². The molecule has 7 N–H and O–H groups in total. The second-order valence-corrected chi connectivity index (χ2v) is 7.16. The van der Waals surface area contributed by atoms with Gasteiger partial charge >= 0.3 is 103 Å². The van der Waals surface area contributed by atoms with Crippen molar-refractivity contribution in [1.82, 2.24) is 0 Å². The summed E-state index contributed by atoms with van der Waals surface area (Å²) in [5.41, 5.74) is 0. The third kappa shape index (κ3) is 8.30. The zero-order valence-electron chi connectivity index (χ0n) is 15.6. The molecule has 17 heteroatoms. The second kappa shape index (κ2) is 13.8. The van der Waals surface area contributed by atoms with Crippen LogP contribution in [0.4, 0.5) is 0 Å². The molecule has 2 heterocycles. The predicted octanol–water partition coefficient (Wildman–Crippen LogP) is -12.5. The van der Waals surface area contributed by atoms with E-state index >= 15 is 0 Å². The van der Waals surface area contributed by atoms with Gasteiger partial charge in [0, 0.05) is 0 Å². The maximum absolute atomic E-state index is 10.7. The molecule has 29 heavy (non-hydrogen) atoms. The normalized spacial score (nSPS) is 43.2. The van der Waals surface area contributed by atoms with Crippen LogP contribution in [-0.2, 0) is 23.3 Å². The van der Waals surface area contributed by atoms with E-state index in [2.05, 4.69) is 4.52 Å². The molecular weight excluding hydrogens is 477 g/mol. The number of ether oxygens (including phenoxy) is 3. The molecule has 0 saturated carbocycles. The van der Waals surface area contributed by atoms with E-state index in [4.69, 9.17) is 19.3 Å². The van der Waals surface area contributed by atoms with Crippen molar-refractivity contribution in [2.45, 2.75) is 61.4 Å². The molecule has 0 spiro atoms. The number of phosphoric ester groups is 1. The molecule has 2 aliphatic heterocycles. The average molecular weight is 498 g/mol. The number of rotatable bonds is 6. The van der Waals surface area contributed by atoms with Crippen LogP contribution in [0.1, 0.15) is 0 Å². The first kappa shape index (κ1) is 32.0. The topological polar surface area (TPSA) is 242 Å². The molecule has 0 aromatic heterocycles. The molecular formula is C12H21K2O14P. The van der Waals surface area contributed by atoms with Gasteiger partial charge in [-0.2, -0.15) is 0 Å². The third-order valence-corrected chi connectivity index (χ3v) is 4.66. The maximum atomic E-state index is 10.7. The van der Waals surface area contributed by atoms with Crippen LogP contribution in [0.25, 0.3) is 0 Å². The summed E-state index contributed by atoms with van der Waals surface area (Å²) in [6, 6.07) is 0. The molecule has 0 aromatic carbocycles. The summed E-state index contributed by atoms with van der Waals surface area (Å²) >= 11 is 0. The Hall–Kier alpha value is 2.98. The van der Waals surface area contributed by atoms with Gasteiger partial charge in [0.15, 0.2) is 12.6 Å². The van der Waals surface area contributed by atoms with Crippen LogP contribution in [0.2, 0.25) is 0 Å². The number of aliphatic hydroxyl groups excluding tert-OH is 7. The number of aliphatic hydroxyl groups is 7. The van der Waals surface area contributed by atoms with Gasteiger partial charge in [-0.25, -0.2) is 0 Å². The van der Waals surface area contributed by atoms with E-state index in [1.54, 1.807) is 0 Å². The summed E-state index contributed by atoms with van der Waals surface area (Å²) in [5.74, 6) is 0. The smallest absolute Gasteiger partial charge is 0.790 e. The summed E-state index contributed by atoms with van der Waals surface area (Å²) in [5, 5.41) is 67.9. The molecule has 0 radical (unpaired) electrons. The first-order chi connectivity index (χ1) is 12.5. The van der Waals surface area contributed by atoms with E-state index in [0.717, 1.165) is 0 Å². The van der Waals surface area contributed by atoms with E-state index in [9.17, 15) is 45.0 Å². The zero-order chi connectivity index (χ0) is 20.5. The van der Waals surface area contributed by atoms with Crippen molar-refractivity contribution in [3.63, 3.8) is 0 Å². The van der Waals surface area contributed by atoms with Crippen molar-refractivity contribution in [3.05, 3.63) is 0 Å². The van der Waals surface area contributed by atoms with E-state index in [1.807, 2.05) is 0 Å². The summed E-state index contributed by atoms with van der Waals surface area (Å²) in [6.45, 7) is -1.65. The van der Waals surface area contributed by atoms with Crippen molar-refractivity contribution in [3.8, 4) is 0 Å². The van der Waals surface area contributed by atoms with E-state index in [0.29, 0.717) is 0 Å². The molecule has 0 bridgehead atoms. The van der Waals surface area contributed by atoms with Crippen LogP contribution in [-0.4, -0.2) is 110 Å². The van der Waals surface area contributed by atoms with Gasteiger partial charge in [0.1, 0.15) is 48.8 Å². The quantitative estimate of drug-likeness (QED) is 0.133. The Morgan fingerprint density at radius 1 is 0.759 bits per heavy atom. The Bertz CT molecular complexity index is 535. The minimum Gasteiger partial charge on any atom is -0.790 e. The van der Waals surface area contributed by atoms with Crippen molar-refractivity contribution < 1.29 is 172 Å². The van der Waals surface area contributed by atoms with E-state index in [1.165, 1.54) is 0 Å². The molecule has 0 aromatic rings. The third-order valence-electron chi connectivity index (χ3n) is 4.19. The Kier molecular flexibility index (Phi) is 15.2. The fourth-order valence-corrected chi connectivity index (χ4v) is 3.20. The minimum absolute atomic E-state index is 0. The fraction of sp³-hybridized carbons (Fsp3) is 1.00. The summed E-state index contributed by atoms with van der Waals surface area (Å²) in [6.07, 6.45) is -17.7. The van der Waals surface area contributed by atoms with Crippen LogP contribution < -0.4 is 113 Å². The maximum Gasteiger partial charge on any atom is 1.00 e. The molecule has 0 amide bonds. The molecule has 160 valence electrons. The van der Waals surface area contributed by atoms with Crippen LogP contribution in [0, 0.1) is 0 Å². The van der Waals surface area contributed by atoms with Gasteiger partial charge in [-0.1, -0.05) is 0 Å². The van der Waals surface area contributed by atoms with Crippen molar-refractivity contribution in [2.75, 3.05) is 13.2 Å². The van der Waals surface area contributed by atoms with Crippen LogP contribution in [0.5, 0.6) is 0 Å². The summed E-state index contributed by atoms with van der Waals surface area (Å²) in [7, 11) is -5.60. The Labute approximate surface area is 250 Å². The molecule has 10 atom stereocenters. The second-order valence-electron chi connectivity index (χ2n) is 6.06. The summed E-state index contributed by atoms with van der Waals surface area (Å²) < 4.78 is 29.9. The van der Waals surface area contributed by atoms with Crippen molar-refractivity contribution in [2.24, 2.45) is 0 Å². The summed E-state index contributed by atoms with van der Waals surface area (Å²) in [4.78, 5) is 21.4. The van der Waals surface area contributed by atoms with Crippen molar-refractivity contribution >= 4 is 7.82 Å². The van der Waals surface area contributed by atoms with Crippen LogP contribution in [0.3, 0.4) is 0 Å². The van der Waals surface area contributed by atoms with Gasteiger partial charge in [-0.3, -0.25) is 0 Å². The number of hydrogen-bond donors (Lipinski definition) is 7. The number of hydrogen-bond acceptors (Lipinski definition) is 14. The Balaban J connectivity index is 0.00000392. The van der Waals surface area contributed by atoms with Crippen LogP contribution in [0.15, 0.2) is 0 Å². The van der Waals surface area contributed by atoms with Gasteiger partial charge in [0.2, 0.25) is 0 Å². The minimum atomic E-state index is -5.60. The van der Waals surface area contributed by atoms with Gasteiger partial charge < -0.3 is 68.8 Å². The number of phosphoric acid groups is 1. The zero-order valence-corrected chi connectivity index (χ0v) is 22.8. The molecule has 2 saturated heterocycles. The standard InChI is InChI=1S/C12H23O14P.2K/c13-1-3-5(15)6(16)8(18)11(23-3)25-10-4(2-14)24-12(9(19)7(10)17)26-27(20,21)22;;/h3-19H,1-2H2,(H2,20,21,22);;/q;2*+1/p-2/t3-,4-,5-,6+,7-,8-,9-,10-,11-,12?;;/m1../s1. The molecule has 14 nitrogen and oxygen atoms in total. The van der Waals surface area contributed by atoms with E-state index < -0.39 is 82.4 Å². The molecule has 2 aliphatic rings. The molecule has 2 fully saturated rings. The van der Waals surface area contributed by atoms with Gasteiger partial charge in [-0.05, 0) is 0 Å². The largest absolute Gasteiger partial charge is 1.00 e. The SMILES string of the molecule is O=P([O-])([O-])OC1O[C@H](CO)[C@@H](O[C@H]2O[C@H](CO)[C@@H](O)[C@H](O)[C@H]2O)[C@H](O)[C@H]1O.[K+].[K+]. The van der Waals surface area contributed by atoms with Crippen molar-refractivity contribution in [1.29, 1.82) is 0 Å². The first-order valence-electron chi connectivity index (χ1n) is 7.79. The van der Waals surface area contributed by atoms with Gasteiger partial charge in [0.25, 0.3) is 0 Å². The fourth-order valence-electron chi connectivity index (χ4n) is 2.77.